The molecular formula is C9H17N3S. The average Bonchev–Trinajstić information content (AvgIpc) is 2.14. The molecule has 0 N–H and O–H groups in total. The first-order valence-corrected chi connectivity index (χ1v) is 5.78. The number of thioether (sulfide) groups is 1. The largest absolute Gasteiger partial charge is 0.351 e. The molecule has 0 rings (SSSR count). The van der Waals surface area contributed by atoms with Crippen LogP contribution in [-0.4, -0.2) is 29.4 Å². The molecule has 0 aliphatic rings. The molecule has 0 bridgehead atoms. The lowest BCUT2D eigenvalue weighted by atomic mass is 10.4. The van der Waals surface area contributed by atoms with Gasteiger partial charge in [0.2, 0.25) is 6.19 Å². The van der Waals surface area contributed by atoms with Gasteiger partial charge in [-0.05, 0) is 19.1 Å². The van der Waals surface area contributed by atoms with E-state index in [0.717, 1.165) is 31.1 Å². The van der Waals surface area contributed by atoms with E-state index in [9.17, 15) is 0 Å². The first-order valence-electron chi connectivity index (χ1n) is 4.55. The Kier molecular flexibility index (Phi) is 7.51. The lowest BCUT2D eigenvalue weighted by Crippen LogP contribution is -2.30. The van der Waals surface area contributed by atoms with Crippen molar-refractivity contribution >= 4 is 16.9 Å². The summed E-state index contributed by atoms with van der Waals surface area (Å²) in [4.78, 5) is 5.95. The van der Waals surface area contributed by atoms with Crippen molar-refractivity contribution < 1.29 is 0 Å². The van der Waals surface area contributed by atoms with Crippen LogP contribution in [0, 0.1) is 11.5 Å². The second kappa shape index (κ2) is 7.93. The molecule has 0 spiro atoms. The third-order valence-corrected chi connectivity index (χ3v) is 2.30. The number of nitrogens with zero attached hydrogens (tertiary/aromatic N) is 3. The first kappa shape index (κ1) is 12.3. The van der Waals surface area contributed by atoms with E-state index >= 15 is 0 Å². The zero-order chi connectivity index (χ0) is 10.1. The van der Waals surface area contributed by atoms with E-state index in [4.69, 9.17) is 5.26 Å². The summed E-state index contributed by atoms with van der Waals surface area (Å²) < 4.78 is 0. The molecule has 0 atom stereocenters. The Morgan fingerprint density at radius 1 is 1.38 bits per heavy atom. The third-order valence-electron chi connectivity index (χ3n) is 1.59. The van der Waals surface area contributed by atoms with Gasteiger partial charge in [0.15, 0.2) is 5.17 Å². The van der Waals surface area contributed by atoms with E-state index < -0.39 is 0 Å². The van der Waals surface area contributed by atoms with Crippen molar-refractivity contribution in [2.75, 3.05) is 19.3 Å². The highest BCUT2D eigenvalue weighted by Gasteiger charge is 2.07. The van der Waals surface area contributed by atoms with Gasteiger partial charge in [0.1, 0.15) is 0 Å². The van der Waals surface area contributed by atoms with Crippen LogP contribution >= 0.6 is 11.8 Å². The number of aliphatic imine (C=N–C) groups is 1. The predicted octanol–water partition coefficient (Wildman–Crippen LogP) is 2.31. The molecule has 0 aromatic carbocycles. The highest BCUT2D eigenvalue weighted by Crippen LogP contribution is 2.06. The summed E-state index contributed by atoms with van der Waals surface area (Å²) in [6.07, 6.45) is 5.97. The van der Waals surface area contributed by atoms with Gasteiger partial charge in [0, 0.05) is 13.1 Å². The van der Waals surface area contributed by atoms with Crippen LogP contribution in [0.5, 0.6) is 0 Å². The Labute approximate surface area is 84.8 Å². The molecule has 74 valence electrons. The summed E-state index contributed by atoms with van der Waals surface area (Å²) in [5, 5.41) is 9.31. The molecule has 0 saturated carbocycles. The second-order valence-electron chi connectivity index (χ2n) is 2.69. The maximum Gasteiger partial charge on any atom is 0.208 e. The number of nitriles is 1. The van der Waals surface area contributed by atoms with E-state index in [-0.39, 0.29) is 0 Å². The molecule has 0 aliphatic heterocycles. The zero-order valence-electron chi connectivity index (χ0n) is 8.58. The van der Waals surface area contributed by atoms with Gasteiger partial charge in [-0.15, -0.1) is 4.99 Å². The molecule has 0 amide bonds. The Bertz CT molecular complexity index is 190. The Morgan fingerprint density at radius 2 is 1.92 bits per heavy atom. The van der Waals surface area contributed by atoms with Crippen molar-refractivity contribution in [1.29, 1.82) is 5.26 Å². The molecule has 3 nitrogen and oxygen atoms in total. The SMILES string of the molecule is CCCN(CCC)C(=NC#N)SC. The fraction of sp³-hybridized carbons (Fsp3) is 0.778. The van der Waals surface area contributed by atoms with Crippen molar-refractivity contribution in [2.24, 2.45) is 4.99 Å². The van der Waals surface area contributed by atoms with Crippen molar-refractivity contribution in [1.82, 2.24) is 4.90 Å². The molecular weight excluding hydrogens is 182 g/mol. The van der Waals surface area contributed by atoms with Crippen LogP contribution in [0.25, 0.3) is 0 Å². The van der Waals surface area contributed by atoms with Crippen LogP contribution in [0.3, 0.4) is 0 Å². The number of rotatable bonds is 4. The number of hydrogen-bond acceptors (Lipinski definition) is 3. The van der Waals surface area contributed by atoms with Crippen LogP contribution in [0.15, 0.2) is 4.99 Å². The fourth-order valence-corrected chi connectivity index (χ4v) is 1.70. The van der Waals surface area contributed by atoms with E-state index in [0.29, 0.717) is 0 Å². The van der Waals surface area contributed by atoms with E-state index in [2.05, 4.69) is 23.7 Å². The molecule has 13 heavy (non-hydrogen) atoms. The van der Waals surface area contributed by atoms with Gasteiger partial charge in [0.25, 0.3) is 0 Å². The molecule has 0 fully saturated rings. The molecule has 0 aliphatic carbocycles. The molecule has 0 radical (unpaired) electrons. The van der Waals surface area contributed by atoms with Crippen LogP contribution in [-0.2, 0) is 0 Å². The van der Waals surface area contributed by atoms with Gasteiger partial charge < -0.3 is 4.90 Å². The number of hydrogen-bond donors (Lipinski definition) is 0. The molecule has 0 aromatic heterocycles. The topological polar surface area (TPSA) is 39.4 Å². The molecule has 4 heteroatoms. The monoisotopic (exact) mass is 199 g/mol. The van der Waals surface area contributed by atoms with Crippen LogP contribution in [0.1, 0.15) is 26.7 Å². The van der Waals surface area contributed by atoms with Gasteiger partial charge in [-0.2, -0.15) is 5.26 Å². The second-order valence-corrected chi connectivity index (χ2v) is 3.46. The molecule has 0 saturated heterocycles. The van der Waals surface area contributed by atoms with Gasteiger partial charge in [0.05, 0.1) is 0 Å². The summed E-state index contributed by atoms with van der Waals surface area (Å²) in [6, 6.07) is 0. The lowest BCUT2D eigenvalue weighted by Gasteiger charge is -2.22. The quantitative estimate of drug-likeness (QED) is 0.396. The summed E-state index contributed by atoms with van der Waals surface area (Å²) in [5.41, 5.74) is 0. The van der Waals surface area contributed by atoms with Gasteiger partial charge in [-0.3, -0.25) is 0 Å². The van der Waals surface area contributed by atoms with Crippen molar-refractivity contribution in [2.45, 2.75) is 26.7 Å². The predicted molar refractivity (Wildman–Crippen MR) is 58.7 cm³/mol. The van der Waals surface area contributed by atoms with Crippen LogP contribution < -0.4 is 0 Å². The summed E-state index contributed by atoms with van der Waals surface area (Å²) in [7, 11) is 0. The maximum atomic E-state index is 8.48. The van der Waals surface area contributed by atoms with Crippen molar-refractivity contribution in [3.63, 3.8) is 0 Å². The standard InChI is InChI=1S/C9H17N3S/c1-4-6-12(7-5-2)9(13-3)11-8-10/h4-7H2,1-3H3. The zero-order valence-corrected chi connectivity index (χ0v) is 9.39. The Hall–Kier alpha value is -0.690. The van der Waals surface area contributed by atoms with Gasteiger partial charge in [-0.1, -0.05) is 25.6 Å². The maximum absolute atomic E-state index is 8.48. The highest BCUT2D eigenvalue weighted by molar-refractivity contribution is 8.13. The average molecular weight is 199 g/mol. The van der Waals surface area contributed by atoms with Gasteiger partial charge in [-0.25, -0.2) is 0 Å². The molecule has 0 unspecified atom stereocenters. The minimum absolute atomic E-state index is 0.839. The molecule has 0 aromatic rings. The minimum Gasteiger partial charge on any atom is -0.351 e. The van der Waals surface area contributed by atoms with Gasteiger partial charge >= 0.3 is 0 Å². The minimum atomic E-state index is 0.839. The lowest BCUT2D eigenvalue weighted by molar-refractivity contribution is 0.425. The van der Waals surface area contributed by atoms with Crippen molar-refractivity contribution in [3.8, 4) is 6.19 Å². The first-order chi connectivity index (χ1) is 6.29. The Balaban J connectivity index is 4.31. The Morgan fingerprint density at radius 3 is 2.23 bits per heavy atom. The van der Waals surface area contributed by atoms with Crippen LogP contribution in [0.4, 0.5) is 0 Å². The summed E-state index contributed by atoms with van der Waals surface area (Å²) in [6.45, 7) is 6.23. The fourth-order valence-electron chi connectivity index (χ4n) is 1.13. The summed E-state index contributed by atoms with van der Waals surface area (Å²) >= 11 is 1.54. The van der Waals surface area contributed by atoms with E-state index in [1.807, 2.05) is 12.4 Å². The number of amidine groups is 1. The van der Waals surface area contributed by atoms with Crippen molar-refractivity contribution in [3.05, 3.63) is 0 Å². The summed E-state index contributed by atoms with van der Waals surface area (Å²) in [5.74, 6) is 0. The van der Waals surface area contributed by atoms with Crippen LogP contribution in [0.2, 0.25) is 0 Å². The molecule has 0 heterocycles. The normalized spacial score (nSPS) is 11.1. The smallest absolute Gasteiger partial charge is 0.208 e. The van der Waals surface area contributed by atoms with E-state index in [1.165, 1.54) is 11.8 Å². The highest BCUT2D eigenvalue weighted by atomic mass is 32.2. The van der Waals surface area contributed by atoms with E-state index in [1.54, 1.807) is 0 Å². The third kappa shape index (κ3) is 4.79.